The standard InChI is InChI=1S/C10H21N/c1-7-9(11(5)6)8-10(2,3)4/h7H,8H2,1-6H3/b9-7+. The summed E-state index contributed by atoms with van der Waals surface area (Å²) in [5.74, 6) is 0. The zero-order valence-electron chi connectivity index (χ0n) is 8.73. The van der Waals surface area contributed by atoms with Gasteiger partial charge in [-0.05, 0) is 18.8 Å². The molecule has 0 N–H and O–H groups in total. The Labute approximate surface area is 71.1 Å². The maximum absolute atomic E-state index is 2.26. The summed E-state index contributed by atoms with van der Waals surface area (Å²) in [6.07, 6.45) is 3.34. The predicted molar refractivity (Wildman–Crippen MR) is 51.5 cm³/mol. The van der Waals surface area contributed by atoms with Gasteiger partial charge < -0.3 is 4.90 Å². The SMILES string of the molecule is C/C=C(\CC(C)(C)C)N(C)C. The van der Waals surface area contributed by atoms with Crippen LogP contribution in [0.5, 0.6) is 0 Å². The van der Waals surface area contributed by atoms with Crippen molar-refractivity contribution in [1.82, 2.24) is 4.90 Å². The first-order valence-electron chi connectivity index (χ1n) is 4.19. The fraction of sp³-hybridized carbons (Fsp3) is 0.800. The minimum absolute atomic E-state index is 0.395. The Morgan fingerprint density at radius 2 is 1.73 bits per heavy atom. The summed E-state index contributed by atoms with van der Waals surface area (Å²) in [5, 5.41) is 0. The average molecular weight is 155 g/mol. The summed E-state index contributed by atoms with van der Waals surface area (Å²) in [6, 6.07) is 0. The highest BCUT2D eigenvalue weighted by Gasteiger charge is 2.13. The summed E-state index contributed by atoms with van der Waals surface area (Å²) < 4.78 is 0. The molecule has 0 saturated carbocycles. The van der Waals surface area contributed by atoms with E-state index in [0.29, 0.717) is 5.41 Å². The highest BCUT2D eigenvalue weighted by atomic mass is 15.1. The number of rotatable bonds is 2. The van der Waals surface area contributed by atoms with E-state index in [1.54, 1.807) is 0 Å². The summed E-state index contributed by atoms with van der Waals surface area (Å²) in [4.78, 5) is 2.19. The second-order valence-corrected chi connectivity index (χ2v) is 4.41. The Kier molecular flexibility index (Phi) is 3.64. The lowest BCUT2D eigenvalue weighted by molar-refractivity contribution is 0.354. The first-order chi connectivity index (χ1) is 4.87. The van der Waals surface area contributed by atoms with Crippen LogP contribution in [0.1, 0.15) is 34.1 Å². The molecule has 0 saturated heterocycles. The molecule has 0 aromatic carbocycles. The molecule has 0 atom stereocenters. The number of nitrogens with zero attached hydrogens (tertiary/aromatic N) is 1. The second kappa shape index (κ2) is 3.80. The van der Waals surface area contributed by atoms with Crippen molar-refractivity contribution in [1.29, 1.82) is 0 Å². The van der Waals surface area contributed by atoms with Crippen LogP contribution < -0.4 is 0 Å². The molecule has 1 heteroatoms. The van der Waals surface area contributed by atoms with Crippen LogP contribution in [-0.2, 0) is 0 Å². The summed E-state index contributed by atoms with van der Waals surface area (Å²) >= 11 is 0. The third kappa shape index (κ3) is 4.88. The minimum Gasteiger partial charge on any atom is -0.381 e. The highest BCUT2D eigenvalue weighted by Crippen LogP contribution is 2.24. The Balaban J connectivity index is 4.12. The summed E-state index contributed by atoms with van der Waals surface area (Å²) in [7, 11) is 4.20. The van der Waals surface area contributed by atoms with Crippen molar-refractivity contribution in [3.63, 3.8) is 0 Å². The molecule has 0 radical (unpaired) electrons. The molecule has 66 valence electrons. The van der Waals surface area contributed by atoms with Gasteiger partial charge in [0.15, 0.2) is 0 Å². The number of hydrogen-bond donors (Lipinski definition) is 0. The van der Waals surface area contributed by atoms with Gasteiger partial charge in [0, 0.05) is 19.8 Å². The third-order valence-electron chi connectivity index (χ3n) is 1.62. The summed E-state index contributed by atoms with van der Waals surface area (Å²) in [6.45, 7) is 8.89. The van der Waals surface area contributed by atoms with Crippen LogP contribution in [0.3, 0.4) is 0 Å². The lowest BCUT2D eigenvalue weighted by Crippen LogP contribution is -2.17. The van der Waals surface area contributed by atoms with Gasteiger partial charge in [-0.15, -0.1) is 0 Å². The molecule has 0 aromatic heterocycles. The maximum atomic E-state index is 2.26. The van der Waals surface area contributed by atoms with Crippen LogP contribution in [0.4, 0.5) is 0 Å². The van der Waals surface area contributed by atoms with E-state index in [4.69, 9.17) is 0 Å². The Hall–Kier alpha value is -0.460. The molecule has 0 bridgehead atoms. The molecular formula is C10H21N. The lowest BCUT2D eigenvalue weighted by Gasteiger charge is -2.25. The minimum atomic E-state index is 0.395. The van der Waals surface area contributed by atoms with Crippen LogP contribution in [-0.4, -0.2) is 19.0 Å². The molecule has 11 heavy (non-hydrogen) atoms. The van der Waals surface area contributed by atoms with Crippen LogP contribution in [0.2, 0.25) is 0 Å². The van der Waals surface area contributed by atoms with Gasteiger partial charge in [-0.2, -0.15) is 0 Å². The molecule has 0 rings (SSSR count). The second-order valence-electron chi connectivity index (χ2n) is 4.41. The number of hydrogen-bond acceptors (Lipinski definition) is 1. The van der Waals surface area contributed by atoms with Gasteiger partial charge in [0.2, 0.25) is 0 Å². The van der Waals surface area contributed by atoms with E-state index >= 15 is 0 Å². The third-order valence-corrected chi connectivity index (χ3v) is 1.62. The van der Waals surface area contributed by atoms with Gasteiger partial charge in [0.1, 0.15) is 0 Å². The van der Waals surface area contributed by atoms with E-state index in [9.17, 15) is 0 Å². The molecule has 1 nitrogen and oxygen atoms in total. The van der Waals surface area contributed by atoms with E-state index in [1.165, 1.54) is 5.70 Å². The van der Waals surface area contributed by atoms with Crippen molar-refractivity contribution >= 4 is 0 Å². The zero-order valence-corrected chi connectivity index (χ0v) is 8.73. The molecule has 0 amide bonds. The Morgan fingerprint density at radius 1 is 1.27 bits per heavy atom. The van der Waals surface area contributed by atoms with Crippen LogP contribution in [0.25, 0.3) is 0 Å². The Morgan fingerprint density at radius 3 is 1.82 bits per heavy atom. The van der Waals surface area contributed by atoms with Gasteiger partial charge in [-0.1, -0.05) is 26.8 Å². The molecular weight excluding hydrogens is 134 g/mol. The monoisotopic (exact) mass is 155 g/mol. The van der Waals surface area contributed by atoms with E-state index in [1.807, 2.05) is 0 Å². The fourth-order valence-corrected chi connectivity index (χ4v) is 1.06. The largest absolute Gasteiger partial charge is 0.381 e. The van der Waals surface area contributed by atoms with Crippen molar-refractivity contribution in [3.05, 3.63) is 11.8 Å². The molecule has 0 spiro atoms. The number of allylic oxidation sites excluding steroid dienone is 2. The van der Waals surface area contributed by atoms with Gasteiger partial charge in [0.25, 0.3) is 0 Å². The van der Waals surface area contributed by atoms with Crippen molar-refractivity contribution in [2.24, 2.45) is 5.41 Å². The van der Waals surface area contributed by atoms with Crippen molar-refractivity contribution in [2.75, 3.05) is 14.1 Å². The van der Waals surface area contributed by atoms with E-state index < -0.39 is 0 Å². The molecule has 0 heterocycles. The topological polar surface area (TPSA) is 3.24 Å². The van der Waals surface area contributed by atoms with Crippen molar-refractivity contribution in [2.45, 2.75) is 34.1 Å². The van der Waals surface area contributed by atoms with Crippen molar-refractivity contribution in [3.8, 4) is 0 Å². The maximum Gasteiger partial charge on any atom is 0.00894 e. The normalized spacial score (nSPS) is 13.5. The summed E-state index contributed by atoms with van der Waals surface area (Å²) in [5.41, 5.74) is 1.81. The quantitative estimate of drug-likeness (QED) is 0.592. The van der Waals surface area contributed by atoms with Crippen LogP contribution in [0, 0.1) is 5.41 Å². The highest BCUT2D eigenvalue weighted by molar-refractivity contribution is 5.00. The smallest absolute Gasteiger partial charge is 0.00894 e. The average Bonchev–Trinajstić information content (AvgIpc) is 1.80. The van der Waals surface area contributed by atoms with Gasteiger partial charge in [-0.25, -0.2) is 0 Å². The first kappa shape index (κ1) is 10.5. The first-order valence-corrected chi connectivity index (χ1v) is 4.19. The molecule has 0 aliphatic rings. The molecule has 0 aromatic rings. The molecule has 0 aliphatic carbocycles. The van der Waals surface area contributed by atoms with E-state index in [2.05, 4.69) is 52.8 Å². The van der Waals surface area contributed by atoms with Gasteiger partial charge >= 0.3 is 0 Å². The molecule has 0 aliphatic heterocycles. The van der Waals surface area contributed by atoms with Crippen molar-refractivity contribution < 1.29 is 0 Å². The van der Waals surface area contributed by atoms with Crippen LogP contribution >= 0.6 is 0 Å². The molecule has 0 fully saturated rings. The van der Waals surface area contributed by atoms with Gasteiger partial charge in [0.05, 0.1) is 0 Å². The zero-order chi connectivity index (χ0) is 9.07. The lowest BCUT2D eigenvalue weighted by atomic mass is 9.90. The van der Waals surface area contributed by atoms with E-state index in [0.717, 1.165) is 6.42 Å². The van der Waals surface area contributed by atoms with E-state index in [-0.39, 0.29) is 0 Å². The van der Waals surface area contributed by atoms with Crippen LogP contribution in [0.15, 0.2) is 11.8 Å². The Bertz CT molecular complexity index is 137. The molecule has 0 unspecified atom stereocenters. The predicted octanol–water partition coefficient (Wildman–Crippen LogP) is 2.89. The fourth-order valence-electron chi connectivity index (χ4n) is 1.06. The van der Waals surface area contributed by atoms with Gasteiger partial charge in [-0.3, -0.25) is 0 Å².